The zero-order chi connectivity index (χ0) is 9.68. The molecule has 1 rings (SSSR count). The van der Waals surface area contributed by atoms with Crippen molar-refractivity contribution in [2.24, 2.45) is 0 Å². The van der Waals surface area contributed by atoms with Gasteiger partial charge in [-0.15, -0.1) is 0 Å². The lowest BCUT2D eigenvalue weighted by Crippen LogP contribution is -2.27. The van der Waals surface area contributed by atoms with E-state index in [0.717, 1.165) is 0 Å². The minimum Gasteiger partial charge on any atom is -0.480 e. The van der Waals surface area contributed by atoms with Crippen molar-refractivity contribution in [1.82, 2.24) is 5.48 Å². The first-order valence-corrected chi connectivity index (χ1v) is 3.82. The molecule has 13 heavy (non-hydrogen) atoms. The van der Waals surface area contributed by atoms with E-state index in [0.29, 0.717) is 5.56 Å². The Morgan fingerprint density at radius 1 is 1.46 bits per heavy atom. The van der Waals surface area contributed by atoms with Gasteiger partial charge in [-0.3, -0.25) is 4.79 Å². The highest BCUT2D eigenvalue weighted by Crippen LogP contribution is 2.11. The third-order valence-corrected chi connectivity index (χ3v) is 1.62. The van der Waals surface area contributed by atoms with Gasteiger partial charge < -0.3 is 9.94 Å². The van der Waals surface area contributed by atoms with E-state index in [2.05, 4.69) is 10.3 Å². The highest BCUT2D eigenvalue weighted by molar-refractivity contribution is 5.75. The number of rotatable bonds is 4. The molecule has 0 radical (unpaired) electrons. The molecule has 4 heteroatoms. The molecule has 0 aromatic heterocycles. The van der Waals surface area contributed by atoms with Gasteiger partial charge in [-0.2, -0.15) is 5.48 Å². The van der Waals surface area contributed by atoms with Gasteiger partial charge in [-0.25, -0.2) is 0 Å². The second kappa shape index (κ2) is 4.59. The summed E-state index contributed by atoms with van der Waals surface area (Å²) in [6.45, 7) is 0. The monoisotopic (exact) mass is 181 g/mol. The molecular weight excluding hydrogens is 170 g/mol. The number of carboxylic acids is 1. The predicted octanol–water partition coefficient (Wildman–Crippen LogP) is 0.963. The highest BCUT2D eigenvalue weighted by Gasteiger charge is 2.18. The fourth-order valence-corrected chi connectivity index (χ4v) is 1.02. The zero-order valence-electron chi connectivity index (χ0n) is 7.23. The third kappa shape index (κ3) is 2.54. The number of hydrogen-bond acceptors (Lipinski definition) is 3. The van der Waals surface area contributed by atoms with E-state index in [1.165, 1.54) is 7.11 Å². The molecule has 0 amide bonds. The van der Waals surface area contributed by atoms with Crippen LogP contribution in [0.1, 0.15) is 11.6 Å². The van der Waals surface area contributed by atoms with E-state index in [9.17, 15) is 4.79 Å². The topological polar surface area (TPSA) is 58.6 Å². The Balaban J connectivity index is 2.82. The molecule has 1 aromatic rings. The van der Waals surface area contributed by atoms with Gasteiger partial charge in [0.1, 0.15) is 0 Å². The Morgan fingerprint density at radius 2 is 2.08 bits per heavy atom. The van der Waals surface area contributed by atoms with Gasteiger partial charge in [0.05, 0.1) is 7.11 Å². The number of nitrogens with one attached hydrogen (secondary N) is 1. The Hall–Kier alpha value is -1.39. The summed E-state index contributed by atoms with van der Waals surface area (Å²) in [5.74, 6) is -0.965. The molecule has 0 heterocycles. The van der Waals surface area contributed by atoms with Crippen LogP contribution in [0.4, 0.5) is 0 Å². The lowest BCUT2D eigenvalue weighted by molar-refractivity contribution is -0.143. The van der Waals surface area contributed by atoms with E-state index >= 15 is 0 Å². The Labute approximate surface area is 76.1 Å². The zero-order valence-corrected chi connectivity index (χ0v) is 7.23. The van der Waals surface area contributed by atoms with Crippen LogP contribution >= 0.6 is 0 Å². The van der Waals surface area contributed by atoms with Gasteiger partial charge in [0, 0.05) is 0 Å². The Bertz CT molecular complexity index is 273. The van der Waals surface area contributed by atoms with Crippen molar-refractivity contribution < 1.29 is 14.7 Å². The molecule has 2 N–H and O–H groups in total. The van der Waals surface area contributed by atoms with Crippen LogP contribution in [0.3, 0.4) is 0 Å². The van der Waals surface area contributed by atoms with Crippen LogP contribution in [-0.4, -0.2) is 18.2 Å². The maximum absolute atomic E-state index is 10.7. The van der Waals surface area contributed by atoms with Crippen LogP contribution in [0.2, 0.25) is 0 Å². The number of carboxylic acid groups (broad SMARTS) is 1. The first-order chi connectivity index (χ1) is 6.25. The van der Waals surface area contributed by atoms with E-state index in [4.69, 9.17) is 5.11 Å². The molecule has 0 fully saturated rings. The molecule has 0 aliphatic rings. The van der Waals surface area contributed by atoms with Crippen molar-refractivity contribution >= 4 is 5.97 Å². The van der Waals surface area contributed by atoms with Crippen molar-refractivity contribution in [2.45, 2.75) is 6.04 Å². The van der Waals surface area contributed by atoms with Crippen molar-refractivity contribution in [2.75, 3.05) is 7.11 Å². The summed E-state index contributed by atoms with van der Waals surface area (Å²) in [5.41, 5.74) is 3.06. The lowest BCUT2D eigenvalue weighted by atomic mass is 10.1. The second-order valence-corrected chi connectivity index (χ2v) is 2.50. The van der Waals surface area contributed by atoms with E-state index in [1.807, 2.05) is 6.07 Å². The number of aliphatic carboxylic acids is 1. The summed E-state index contributed by atoms with van der Waals surface area (Å²) in [6, 6.07) is 8.03. The van der Waals surface area contributed by atoms with E-state index in [1.54, 1.807) is 24.3 Å². The average molecular weight is 181 g/mol. The summed E-state index contributed by atoms with van der Waals surface area (Å²) < 4.78 is 0. The standard InChI is InChI=1S/C9H11NO3/c1-13-10-8(9(11)12)7-5-3-2-4-6-7/h2-6,8,10H,1H3,(H,11,12). The molecule has 1 atom stereocenters. The highest BCUT2D eigenvalue weighted by atomic mass is 16.6. The van der Waals surface area contributed by atoms with Crippen LogP contribution in [0.25, 0.3) is 0 Å². The number of hydrogen-bond donors (Lipinski definition) is 2. The minimum atomic E-state index is -0.965. The van der Waals surface area contributed by atoms with Crippen LogP contribution in [-0.2, 0) is 9.63 Å². The number of hydroxylamine groups is 1. The van der Waals surface area contributed by atoms with Crippen LogP contribution in [0.15, 0.2) is 30.3 Å². The second-order valence-electron chi connectivity index (χ2n) is 2.50. The molecule has 0 bridgehead atoms. The Morgan fingerprint density at radius 3 is 2.54 bits per heavy atom. The van der Waals surface area contributed by atoms with Gasteiger partial charge in [-0.1, -0.05) is 30.3 Å². The van der Waals surface area contributed by atoms with Gasteiger partial charge in [-0.05, 0) is 5.56 Å². The Kier molecular flexibility index (Phi) is 3.42. The quantitative estimate of drug-likeness (QED) is 0.679. The first kappa shape index (κ1) is 9.70. The summed E-state index contributed by atoms with van der Waals surface area (Å²) in [4.78, 5) is 15.3. The predicted molar refractivity (Wildman–Crippen MR) is 47.0 cm³/mol. The molecular formula is C9H11NO3. The van der Waals surface area contributed by atoms with Crippen molar-refractivity contribution in [3.8, 4) is 0 Å². The van der Waals surface area contributed by atoms with Gasteiger partial charge >= 0.3 is 5.97 Å². The maximum Gasteiger partial charge on any atom is 0.327 e. The molecule has 4 nitrogen and oxygen atoms in total. The van der Waals surface area contributed by atoms with Crippen LogP contribution in [0.5, 0.6) is 0 Å². The minimum absolute atomic E-state index is 0.664. The van der Waals surface area contributed by atoms with Gasteiger partial charge in [0.2, 0.25) is 0 Å². The molecule has 1 unspecified atom stereocenters. The smallest absolute Gasteiger partial charge is 0.327 e. The number of benzene rings is 1. The van der Waals surface area contributed by atoms with E-state index < -0.39 is 12.0 Å². The van der Waals surface area contributed by atoms with Crippen molar-refractivity contribution in [3.05, 3.63) is 35.9 Å². The first-order valence-electron chi connectivity index (χ1n) is 3.82. The van der Waals surface area contributed by atoms with Gasteiger partial charge in [0.25, 0.3) is 0 Å². The molecule has 1 aromatic carbocycles. The largest absolute Gasteiger partial charge is 0.480 e. The summed E-state index contributed by atoms with van der Waals surface area (Å²) >= 11 is 0. The lowest BCUT2D eigenvalue weighted by Gasteiger charge is -2.12. The van der Waals surface area contributed by atoms with E-state index in [-0.39, 0.29) is 0 Å². The molecule has 0 spiro atoms. The summed E-state index contributed by atoms with van der Waals surface area (Å²) in [5, 5.41) is 8.82. The molecule has 70 valence electrons. The summed E-state index contributed by atoms with van der Waals surface area (Å²) in [6.07, 6.45) is 0. The third-order valence-electron chi connectivity index (χ3n) is 1.62. The SMILES string of the molecule is CONC(C(=O)O)c1ccccc1. The molecule has 0 aliphatic carbocycles. The maximum atomic E-state index is 10.7. The summed E-state index contributed by atoms with van der Waals surface area (Å²) in [7, 11) is 1.39. The van der Waals surface area contributed by atoms with Crippen molar-refractivity contribution in [3.63, 3.8) is 0 Å². The van der Waals surface area contributed by atoms with Crippen molar-refractivity contribution in [1.29, 1.82) is 0 Å². The number of carbonyl (C=O) groups is 1. The molecule has 0 aliphatic heterocycles. The average Bonchev–Trinajstić information content (AvgIpc) is 2.15. The van der Waals surface area contributed by atoms with Crippen LogP contribution in [0, 0.1) is 0 Å². The fraction of sp³-hybridized carbons (Fsp3) is 0.222. The van der Waals surface area contributed by atoms with Gasteiger partial charge in [0.15, 0.2) is 6.04 Å². The fourth-order valence-electron chi connectivity index (χ4n) is 1.02. The molecule has 0 saturated heterocycles. The van der Waals surface area contributed by atoms with Crippen LogP contribution < -0.4 is 5.48 Å². The normalized spacial score (nSPS) is 12.4. The molecule has 0 saturated carbocycles.